The highest BCUT2D eigenvalue weighted by Crippen LogP contribution is 2.21. The summed E-state index contributed by atoms with van der Waals surface area (Å²) in [4.78, 5) is 33.3. The van der Waals surface area contributed by atoms with E-state index < -0.39 is 0 Å². The molecule has 6 heteroatoms. The van der Waals surface area contributed by atoms with Crippen molar-refractivity contribution in [1.82, 2.24) is 14.5 Å². The van der Waals surface area contributed by atoms with E-state index in [1.165, 1.54) is 0 Å². The molecule has 3 aromatic rings. The number of carbonyl (C=O) groups excluding carboxylic acids is 1. The maximum Gasteiger partial charge on any atom is 0.259 e. The molecule has 0 bridgehead atoms. The van der Waals surface area contributed by atoms with E-state index >= 15 is 0 Å². The van der Waals surface area contributed by atoms with Gasteiger partial charge in [-0.1, -0.05) is 30.3 Å². The van der Waals surface area contributed by atoms with Crippen LogP contribution < -0.4 is 5.43 Å². The van der Waals surface area contributed by atoms with Crippen LogP contribution in [-0.2, 0) is 17.7 Å². The number of rotatable bonds is 5. The molecule has 33 heavy (non-hydrogen) atoms. The fourth-order valence-electron chi connectivity index (χ4n) is 4.61. The van der Waals surface area contributed by atoms with Gasteiger partial charge < -0.3 is 14.2 Å². The Morgan fingerprint density at radius 2 is 1.76 bits per heavy atom. The number of nitrogens with zero attached hydrogens (tertiary/aromatic N) is 3. The summed E-state index contributed by atoms with van der Waals surface area (Å²) in [5.41, 5.74) is 4.66. The number of benzene rings is 1. The number of hydrogen-bond donors (Lipinski definition) is 0. The first-order chi connectivity index (χ1) is 15.8. The number of aryl methyl sites for hydroxylation is 2. The Labute approximate surface area is 194 Å². The molecule has 6 nitrogen and oxygen atoms in total. The number of pyridine rings is 2. The van der Waals surface area contributed by atoms with Gasteiger partial charge in [0, 0.05) is 43.2 Å². The summed E-state index contributed by atoms with van der Waals surface area (Å²) in [6.45, 7) is 9.32. The Morgan fingerprint density at radius 1 is 1.06 bits per heavy atom. The van der Waals surface area contributed by atoms with Gasteiger partial charge in [0.2, 0.25) is 0 Å². The first kappa shape index (κ1) is 22.9. The summed E-state index contributed by atoms with van der Waals surface area (Å²) in [7, 11) is 0. The molecule has 1 aliphatic heterocycles. The standard InChI is InChI=1S/C27H31N3O3/c1-18-9-5-6-10-22(18)14-24-26(27(32)29-15-20(3)33-21(4)16-29)25(31)13-19(2)30(24)17-23-11-7-8-12-28-23/h5-13,20-21H,14-17H2,1-4H3/t20-,21+. The molecule has 0 aliphatic carbocycles. The molecular formula is C27H31N3O3. The number of amides is 1. The fourth-order valence-corrected chi connectivity index (χ4v) is 4.61. The smallest absolute Gasteiger partial charge is 0.259 e. The number of hydrogen-bond acceptors (Lipinski definition) is 4. The van der Waals surface area contributed by atoms with Crippen molar-refractivity contribution < 1.29 is 9.53 Å². The molecule has 1 aliphatic rings. The Balaban J connectivity index is 1.85. The van der Waals surface area contributed by atoms with Gasteiger partial charge in [0.05, 0.1) is 24.4 Å². The van der Waals surface area contributed by atoms with Crippen LogP contribution in [-0.4, -0.2) is 45.7 Å². The zero-order valence-corrected chi connectivity index (χ0v) is 19.7. The van der Waals surface area contributed by atoms with Gasteiger partial charge in [0.1, 0.15) is 5.56 Å². The van der Waals surface area contributed by atoms with Crippen molar-refractivity contribution in [2.45, 2.75) is 52.9 Å². The lowest BCUT2D eigenvalue weighted by Crippen LogP contribution is -2.49. The Hall–Kier alpha value is -3.25. The summed E-state index contributed by atoms with van der Waals surface area (Å²) in [5.74, 6) is -0.222. The normalized spacial score (nSPS) is 18.4. The van der Waals surface area contributed by atoms with E-state index in [-0.39, 0.29) is 29.1 Å². The van der Waals surface area contributed by atoms with Gasteiger partial charge in [-0.15, -0.1) is 0 Å². The molecule has 1 amide bonds. The van der Waals surface area contributed by atoms with Crippen molar-refractivity contribution in [2.24, 2.45) is 0 Å². The van der Waals surface area contributed by atoms with Crippen LogP contribution in [0.1, 0.15) is 52.4 Å². The zero-order valence-electron chi connectivity index (χ0n) is 19.7. The molecule has 172 valence electrons. The Kier molecular flexibility index (Phi) is 6.75. The summed E-state index contributed by atoms with van der Waals surface area (Å²) in [6, 6.07) is 15.5. The zero-order chi connectivity index (χ0) is 23.5. The first-order valence-corrected chi connectivity index (χ1v) is 11.5. The molecule has 1 aromatic carbocycles. The number of morpholine rings is 1. The van der Waals surface area contributed by atoms with E-state index in [2.05, 4.69) is 28.6 Å². The Bertz CT molecular complexity index is 1190. The third-order valence-electron chi connectivity index (χ3n) is 6.21. The van der Waals surface area contributed by atoms with Gasteiger partial charge in [-0.25, -0.2) is 0 Å². The van der Waals surface area contributed by atoms with Crippen LogP contribution in [0.25, 0.3) is 0 Å². The summed E-state index contributed by atoms with van der Waals surface area (Å²) < 4.78 is 7.88. The van der Waals surface area contributed by atoms with Gasteiger partial charge in [-0.05, 0) is 51.0 Å². The monoisotopic (exact) mass is 445 g/mol. The van der Waals surface area contributed by atoms with E-state index in [4.69, 9.17) is 4.74 Å². The van der Waals surface area contributed by atoms with Crippen LogP contribution in [0.4, 0.5) is 0 Å². The topological polar surface area (TPSA) is 64.4 Å². The molecule has 3 heterocycles. The lowest BCUT2D eigenvalue weighted by molar-refractivity contribution is -0.0586. The lowest BCUT2D eigenvalue weighted by atomic mass is 9.98. The highest BCUT2D eigenvalue weighted by Gasteiger charge is 2.30. The highest BCUT2D eigenvalue weighted by molar-refractivity contribution is 5.95. The van der Waals surface area contributed by atoms with Crippen LogP contribution in [0.5, 0.6) is 0 Å². The number of carbonyl (C=O) groups is 1. The van der Waals surface area contributed by atoms with E-state index in [9.17, 15) is 9.59 Å². The van der Waals surface area contributed by atoms with Gasteiger partial charge >= 0.3 is 0 Å². The third-order valence-corrected chi connectivity index (χ3v) is 6.21. The van der Waals surface area contributed by atoms with Gasteiger partial charge in [-0.2, -0.15) is 0 Å². The molecule has 1 fully saturated rings. The minimum Gasteiger partial charge on any atom is -0.372 e. The molecule has 2 aromatic heterocycles. The first-order valence-electron chi connectivity index (χ1n) is 11.5. The van der Waals surface area contributed by atoms with Crippen molar-refractivity contribution in [2.75, 3.05) is 13.1 Å². The van der Waals surface area contributed by atoms with Crippen LogP contribution >= 0.6 is 0 Å². The molecular weight excluding hydrogens is 414 g/mol. The fraction of sp³-hybridized carbons (Fsp3) is 0.370. The van der Waals surface area contributed by atoms with Crippen LogP contribution in [0.15, 0.2) is 59.5 Å². The van der Waals surface area contributed by atoms with Crippen molar-refractivity contribution in [3.05, 3.63) is 98.7 Å². The SMILES string of the molecule is Cc1ccccc1Cc1c(C(=O)N2C[C@@H](C)O[C@@H](C)C2)c(=O)cc(C)n1Cc1ccccn1. The maximum absolute atomic E-state index is 13.8. The molecule has 0 saturated carbocycles. The maximum atomic E-state index is 13.8. The quantitative estimate of drug-likeness (QED) is 0.600. The molecule has 1 saturated heterocycles. The second kappa shape index (κ2) is 9.71. The minimum atomic E-state index is -0.231. The van der Waals surface area contributed by atoms with E-state index in [1.807, 2.05) is 51.1 Å². The average molecular weight is 446 g/mol. The van der Waals surface area contributed by atoms with E-state index in [0.717, 1.165) is 28.2 Å². The largest absolute Gasteiger partial charge is 0.372 e. The van der Waals surface area contributed by atoms with Gasteiger partial charge in [0.25, 0.3) is 5.91 Å². The van der Waals surface area contributed by atoms with Crippen molar-refractivity contribution in [3.63, 3.8) is 0 Å². The molecule has 0 unspecified atom stereocenters. The molecule has 0 radical (unpaired) electrons. The summed E-state index contributed by atoms with van der Waals surface area (Å²) in [6.07, 6.45) is 2.11. The van der Waals surface area contributed by atoms with Crippen LogP contribution in [0, 0.1) is 13.8 Å². The van der Waals surface area contributed by atoms with Crippen molar-refractivity contribution in [1.29, 1.82) is 0 Å². The molecule has 2 atom stereocenters. The predicted octanol–water partition coefficient (Wildman–Crippen LogP) is 3.75. The third kappa shape index (κ3) is 5.06. The van der Waals surface area contributed by atoms with Gasteiger partial charge in [0.15, 0.2) is 5.43 Å². The number of ether oxygens (including phenoxy) is 1. The second-order valence-electron chi connectivity index (χ2n) is 8.95. The van der Waals surface area contributed by atoms with Crippen LogP contribution in [0.2, 0.25) is 0 Å². The van der Waals surface area contributed by atoms with E-state index in [1.54, 1.807) is 17.2 Å². The summed E-state index contributed by atoms with van der Waals surface area (Å²) >= 11 is 0. The second-order valence-corrected chi connectivity index (χ2v) is 8.95. The van der Waals surface area contributed by atoms with Gasteiger partial charge in [-0.3, -0.25) is 14.6 Å². The highest BCUT2D eigenvalue weighted by atomic mass is 16.5. The molecule has 0 spiro atoms. The van der Waals surface area contributed by atoms with Crippen molar-refractivity contribution >= 4 is 5.91 Å². The Morgan fingerprint density at radius 3 is 2.42 bits per heavy atom. The average Bonchev–Trinajstić information content (AvgIpc) is 2.77. The molecule has 0 N–H and O–H groups in total. The molecule has 4 rings (SSSR count). The number of aromatic nitrogens is 2. The minimum absolute atomic E-state index is 0.0706. The van der Waals surface area contributed by atoms with E-state index in [0.29, 0.717) is 26.1 Å². The van der Waals surface area contributed by atoms with Crippen molar-refractivity contribution in [3.8, 4) is 0 Å². The summed E-state index contributed by atoms with van der Waals surface area (Å²) in [5, 5.41) is 0. The lowest BCUT2D eigenvalue weighted by Gasteiger charge is -2.35. The van der Waals surface area contributed by atoms with Crippen LogP contribution in [0.3, 0.4) is 0 Å². The predicted molar refractivity (Wildman–Crippen MR) is 129 cm³/mol.